The van der Waals surface area contributed by atoms with Gasteiger partial charge in [0, 0.05) is 37.8 Å². The van der Waals surface area contributed by atoms with Gasteiger partial charge >= 0.3 is 6.19 Å². The molecular weight excluding hydrogens is 340 g/mol. The molecular formula is C21H25N4O2+. The number of hydrogen-bond acceptors (Lipinski definition) is 4. The van der Waals surface area contributed by atoms with Crippen LogP contribution in [-0.2, 0) is 4.79 Å². The molecule has 1 N–H and O–H groups in total. The molecule has 0 unspecified atom stereocenters. The van der Waals surface area contributed by atoms with E-state index >= 15 is 0 Å². The summed E-state index contributed by atoms with van der Waals surface area (Å²) in [6, 6.07) is 17.2. The topological polar surface area (TPSA) is 65.4 Å². The standard InChI is InChI=1S/C21H24N4O2/c1-27-20-10-6-5-9-19(20)25(17-22)15-13-24(14-16-25)12-11-21(26)23-18-7-3-2-4-8-18/h2-10H,11-16H2,1H3/p+1. The van der Waals surface area contributed by atoms with Gasteiger partial charge in [-0.2, -0.15) is 4.48 Å². The fourth-order valence-corrected chi connectivity index (χ4v) is 3.45. The van der Waals surface area contributed by atoms with Crippen molar-refractivity contribution < 1.29 is 9.53 Å². The first kappa shape index (κ1) is 18.9. The lowest BCUT2D eigenvalue weighted by atomic mass is 10.1. The van der Waals surface area contributed by atoms with Gasteiger partial charge in [-0.05, 0) is 18.2 Å². The van der Waals surface area contributed by atoms with Gasteiger partial charge in [0.15, 0.2) is 11.4 Å². The van der Waals surface area contributed by atoms with E-state index < -0.39 is 0 Å². The van der Waals surface area contributed by atoms with Crippen molar-refractivity contribution in [2.75, 3.05) is 45.2 Å². The molecule has 1 aliphatic rings. The van der Waals surface area contributed by atoms with Gasteiger partial charge in [-0.25, -0.2) is 0 Å². The number of amides is 1. The van der Waals surface area contributed by atoms with E-state index in [1.165, 1.54) is 0 Å². The second-order valence-corrected chi connectivity index (χ2v) is 6.69. The lowest BCUT2D eigenvalue weighted by Crippen LogP contribution is -2.58. The van der Waals surface area contributed by atoms with Gasteiger partial charge < -0.3 is 10.1 Å². The Morgan fingerprint density at radius 2 is 1.81 bits per heavy atom. The zero-order chi connectivity index (χ0) is 19.1. The molecule has 1 saturated heterocycles. The van der Waals surface area contributed by atoms with Crippen LogP contribution in [0, 0.1) is 11.5 Å². The summed E-state index contributed by atoms with van der Waals surface area (Å²) in [5.74, 6) is 0.757. The predicted octanol–water partition coefficient (Wildman–Crippen LogP) is 2.83. The second-order valence-electron chi connectivity index (χ2n) is 6.69. The van der Waals surface area contributed by atoms with Crippen molar-refractivity contribution in [2.24, 2.45) is 0 Å². The van der Waals surface area contributed by atoms with Crippen LogP contribution in [0.15, 0.2) is 54.6 Å². The number of para-hydroxylation sites is 3. The van der Waals surface area contributed by atoms with E-state index in [-0.39, 0.29) is 10.4 Å². The number of rotatable bonds is 6. The van der Waals surface area contributed by atoms with Gasteiger partial charge in [-0.1, -0.05) is 30.3 Å². The van der Waals surface area contributed by atoms with Crippen LogP contribution in [0.5, 0.6) is 5.75 Å². The molecule has 0 aliphatic carbocycles. The van der Waals surface area contributed by atoms with Crippen LogP contribution in [-0.4, -0.2) is 50.6 Å². The number of nitrogens with one attached hydrogen (secondary N) is 1. The number of quaternary nitrogens is 1. The van der Waals surface area contributed by atoms with E-state index in [1.807, 2.05) is 54.6 Å². The van der Waals surface area contributed by atoms with Gasteiger partial charge in [0.25, 0.3) is 0 Å². The van der Waals surface area contributed by atoms with Crippen molar-refractivity contribution in [1.82, 2.24) is 9.38 Å². The summed E-state index contributed by atoms with van der Waals surface area (Å²) >= 11 is 0. The molecule has 0 radical (unpaired) electrons. The molecule has 1 aliphatic heterocycles. The van der Waals surface area contributed by atoms with E-state index in [0.29, 0.717) is 26.1 Å². The molecule has 0 saturated carbocycles. The number of nitrogens with zero attached hydrogens (tertiary/aromatic N) is 3. The lowest BCUT2D eigenvalue weighted by molar-refractivity contribution is -0.116. The van der Waals surface area contributed by atoms with Crippen molar-refractivity contribution in [3.63, 3.8) is 0 Å². The normalized spacial score (nSPS) is 16.3. The summed E-state index contributed by atoms with van der Waals surface area (Å²) in [7, 11) is 1.63. The Morgan fingerprint density at radius 3 is 2.48 bits per heavy atom. The molecule has 0 spiro atoms. The lowest BCUT2D eigenvalue weighted by Gasteiger charge is -2.38. The van der Waals surface area contributed by atoms with Crippen LogP contribution in [0.25, 0.3) is 0 Å². The maximum absolute atomic E-state index is 12.1. The van der Waals surface area contributed by atoms with Gasteiger partial charge in [-0.15, -0.1) is 5.26 Å². The smallest absolute Gasteiger partial charge is 0.314 e. The fourth-order valence-electron chi connectivity index (χ4n) is 3.45. The highest BCUT2D eigenvalue weighted by atomic mass is 16.5. The number of anilines is 1. The maximum atomic E-state index is 12.1. The van der Waals surface area contributed by atoms with E-state index in [9.17, 15) is 10.1 Å². The first-order valence-electron chi connectivity index (χ1n) is 9.16. The number of piperazine rings is 1. The minimum atomic E-state index is 0.0116. The minimum Gasteiger partial charge on any atom is -0.491 e. The van der Waals surface area contributed by atoms with Crippen LogP contribution >= 0.6 is 0 Å². The van der Waals surface area contributed by atoms with Crippen molar-refractivity contribution in [3.8, 4) is 11.9 Å². The monoisotopic (exact) mass is 365 g/mol. The highest BCUT2D eigenvalue weighted by molar-refractivity contribution is 5.90. The minimum absolute atomic E-state index is 0.0116. The third kappa shape index (κ3) is 4.45. The molecule has 0 aromatic heterocycles. The Morgan fingerprint density at radius 1 is 1.15 bits per heavy atom. The van der Waals surface area contributed by atoms with Crippen LogP contribution in [0.4, 0.5) is 11.4 Å². The third-order valence-electron chi connectivity index (χ3n) is 5.05. The Balaban J connectivity index is 1.55. The molecule has 27 heavy (non-hydrogen) atoms. The first-order chi connectivity index (χ1) is 13.2. The molecule has 140 valence electrons. The van der Waals surface area contributed by atoms with E-state index in [1.54, 1.807) is 7.11 Å². The predicted molar refractivity (Wildman–Crippen MR) is 106 cm³/mol. The summed E-state index contributed by atoms with van der Waals surface area (Å²) in [6.07, 6.45) is 2.92. The molecule has 0 bridgehead atoms. The highest BCUT2D eigenvalue weighted by Gasteiger charge is 2.38. The van der Waals surface area contributed by atoms with Crippen LogP contribution < -0.4 is 14.5 Å². The number of ether oxygens (including phenoxy) is 1. The molecule has 0 atom stereocenters. The van der Waals surface area contributed by atoms with E-state index in [4.69, 9.17) is 4.74 Å². The number of carbonyl (C=O) groups is 1. The van der Waals surface area contributed by atoms with Crippen molar-refractivity contribution in [3.05, 3.63) is 54.6 Å². The molecule has 6 heteroatoms. The number of benzene rings is 2. The molecule has 6 nitrogen and oxygen atoms in total. The zero-order valence-electron chi connectivity index (χ0n) is 15.6. The number of methoxy groups -OCH3 is 1. The SMILES string of the molecule is COc1ccccc1[N+]1(C#N)CCN(CCC(=O)Nc2ccccc2)CC1. The summed E-state index contributed by atoms with van der Waals surface area (Å²) in [5, 5.41) is 12.8. The molecule has 2 aromatic carbocycles. The van der Waals surface area contributed by atoms with Gasteiger partial charge in [-0.3, -0.25) is 9.69 Å². The van der Waals surface area contributed by atoms with Gasteiger partial charge in [0.2, 0.25) is 5.91 Å². The quantitative estimate of drug-likeness (QED) is 0.631. The van der Waals surface area contributed by atoms with Crippen molar-refractivity contribution >= 4 is 17.3 Å². The van der Waals surface area contributed by atoms with Crippen LogP contribution in [0.2, 0.25) is 0 Å². The largest absolute Gasteiger partial charge is 0.491 e. The Kier molecular flexibility index (Phi) is 6.07. The van der Waals surface area contributed by atoms with E-state index in [2.05, 4.69) is 16.4 Å². The molecule has 2 aromatic rings. The number of nitriles is 1. The Labute approximate surface area is 160 Å². The summed E-state index contributed by atoms with van der Waals surface area (Å²) in [5.41, 5.74) is 1.72. The fraction of sp³-hybridized carbons (Fsp3) is 0.333. The Hall–Kier alpha value is -2.88. The van der Waals surface area contributed by atoms with Crippen molar-refractivity contribution in [2.45, 2.75) is 6.42 Å². The third-order valence-corrected chi connectivity index (χ3v) is 5.05. The highest BCUT2D eigenvalue weighted by Crippen LogP contribution is 2.34. The summed E-state index contributed by atoms with van der Waals surface area (Å²) in [4.78, 5) is 14.4. The van der Waals surface area contributed by atoms with Crippen LogP contribution in [0.3, 0.4) is 0 Å². The average molecular weight is 365 g/mol. The number of hydrogen-bond donors (Lipinski definition) is 1. The second kappa shape index (κ2) is 8.67. The maximum Gasteiger partial charge on any atom is 0.314 e. The zero-order valence-corrected chi connectivity index (χ0v) is 15.6. The molecule has 3 rings (SSSR count). The van der Waals surface area contributed by atoms with Crippen molar-refractivity contribution in [1.29, 1.82) is 5.26 Å². The Bertz CT molecular complexity index is 808. The summed E-state index contributed by atoms with van der Waals surface area (Å²) in [6.45, 7) is 3.58. The summed E-state index contributed by atoms with van der Waals surface area (Å²) < 4.78 is 5.70. The average Bonchev–Trinajstić information content (AvgIpc) is 2.73. The first-order valence-corrected chi connectivity index (χ1v) is 9.16. The molecule has 1 heterocycles. The van der Waals surface area contributed by atoms with Crippen LogP contribution in [0.1, 0.15) is 6.42 Å². The van der Waals surface area contributed by atoms with E-state index in [0.717, 1.165) is 30.2 Å². The molecule has 1 amide bonds. The van der Waals surface area contributed by atoms with Gasteiger partial charge in [0.05, 0.1) is 7.11 Å². The van der Waals surface area contributed by atoms with Gasteiger partial charge in [0.1, 0.15) is 13.1 Å². The molecule has 1 fully saturated rings. The number of carbonyl (C=O) groups excluding carboxylic acids is 1.